The summed E-state index contributed by atoms with van der Waals surface area (Å²) in [6.07, 6.45) is 15.0. The Morgan fingerprint density at radius 3 is 3.21 bits per heavy atom. The molecule has 0 aromatic heterocycles. The van der Waals surface area contributed by atoms with Gasteiger partial charge in [-0.15, -0.1) is 0 Å². The molecule has 14 heavy (non-hydrogen) atoms. The zero-order chi connectivity index (χ0) is 9.54. The molecule has 1 unspecified atom stereocenters. The van der Waals surface area contributed by atoms with Gasteiger partial charge in [0.1, 0.15) is 0 Å². The molecular weight excluding hydrogens is 170 g/mol. The van der Waals surface area contributed by atoms with Crippen LogP contribution in [0.5, 0.6) is 0 Å². The number of allylic oxidation sites excluding steroid dienone is 7. The van der Waals surface area contributed by atoms with Gasteiger partial charge in [0, 0.05) is 24.4 Å². The van der Waals surface area contributed by atoms with Crippen molar-refractivity contribution in [3.8, 4) is 0 Å². The first-order valence-corrected chi connectivity index (χ1v) is 5.38. The van der Waals surface area contributed by atoms with Gasteiger partial charge in [-0.25, -0.2) is 0 Å². The molecule has 0 saturated heterocycles. The third-order valence-corrected chi connectivity index (χ3v) is 3.48. The molecule has 1 heterocycles. The Balaban J connectivity index is 2.08. The molecule has 1 atom stereocenters. The van der Waals surface area contributed by atoms with Gasteiger partial charge in [-0.1, -0.05) is 24.3 Å². The van der Waals surface area contributed by atoms with E-state index in [2.05, 4.69) is 42.3 Å². The lowest BCUT2D eigenvalue weighted by molar-refractivity contribution is 0.486. The van der Waals surface area contributed by atoms with Crippen molar-refractivity contribution in [2.45, 2.75) is 19.3 Å². The molecule has 72 valence electrons. The summed E-state index contributed by atoms with van der Waals surface area (Å²) in [6.45, 7) is 0. The Morgan fingerprint density at radius 1 is 1.36 bits per heavy atom. The average Bonchev–Trinajstić information content (AvgIpc) is 2.55. The summed E-state index contributed by atoms with van der Waals surface area (Å²) in [5, 5.41) is 0. The SMILES string of the molecule is CN1C2=CC=CCC2C2=C1CCC=C2. The number of fused-ring (bicyclic) bond motifs is 2. The third kappa shape index (κ3) is 0.955. The van der Waals surface area contributed by atoms with Gasteiger partial charge in [0.05, 0.1) is 0 Å². The highest BCUT2D eigenvalue weighted by molar-refractivity contribution is 5.46. The summed E-state index contributed by atoms with van der Waals surface area (Å²) >= 11 is 0. The second-order valence-electron chi connectivity index (χ2n) is 4.21. The lowest BCUT2D eigenvalue weighted by Gasteiger charge is -2.21. The van der Waals surface area contributed by atoms with E-state index >= 15 is 0 Å². The Bertz CT molecular complexity index is 382. The van der Waals surface area contributed by atoms with Crippen molar-refractivity contribution in [3.63, 3.8) is 0 Å². The van der Waals surface area contributed by atoms with Crippen molar-refractivity contribution in [2.24, 2.45) is 5.92 Å². The van der Waals surface area contributed by atoms with Crippen LogP contribution in [0.25, 0.3) is 0 Å². The summed E-state index contributed by atoms with van der Waals surface area (Å²) < 4.78 is 0. The molecule has 1 nitrogen and oxygen atoms in total. The number of hydrogen-bond acceptors (Lipinski definition) is 1. The lowest BCUT2D eigenvalue weighted by Crippen LogP contribution is -2.15. The molecular formula is C13H15N. The lowest BCUT2D eigenvalue weighted by atomic mass is 9.89. The van der Waals surface area contributed by atoms with Gasteiger partial charge in [-0.3, -0.25) is 0 Å². The minimum absolute atomic E-state index is 0.650. The van der Waals surface area contributed by atoms with Crippen LogP contribution in [0.4, 0.5) is 0 Å². The summed E-state index contributed by atoms with van der Waals surface area (Å²) in [4.78, 5) is 2.40. The molecule has 0 aromatic rings. The van der Waals surface area contributed by atoms with Gasteiger partial charge >= 0.3 is 0 Å². The zero-order valence-electron chi connectivity index (χ0n) is 8.53. The molecule has 0 aromatic carbocycles. The quantitative estimate of drug-likeness (QED) is 0.560. The Hall–Kier alpha value is -1.24. The van der Waals surface area contributed by atoms with Crippen LogP contribution < -0.4 is 0 Å². The highest BCUT2D eigenvalue weighted by Crippen LogP contribution is 2.43. The van der Waals surface area contributed by atoms with E-state index in [-0.39, 0.29) is 0 Å². The fourth-order valence-corrected chi connectivity index (χ4v) is 2.76. The van der Waals surface area contributed by atoms with E-state index in [9.17, 15) is 0 Å². The minimum Gasteiger partial charge on any atom is -0.351 e. The smallest absolute Gasteiger partial charge is 0.0294 e. The van der Waals surface area contributed by atoms with Gasteiger partial charge < -0.3 is 4.90 Å². The highest BCUT2D eigenvalue weighted by Gasteiger charge is 2.33. The van der Waals surface area contributed by atoms with Crippen molar-refractivity contribution in [3.05, 3.63) is 47.3 Å². The summed E-state index contributed by atoms with van der Waals surface area (Å²) in [5.41, 5.74) is 4.60. The molecule has 0 N–H and O–H groups in total. The summed E-state index contributed by atoms with van der Waals surface area (Å²) in [6, 6.07) is 0. The maximum absolute atomic E-state index is 2.40. The maximum Gasteiger partial charge on any atom is 0.0294 e. The number of rotatable bonds is 0. The van der Waals surface area contributed by atoms with Crippen LogP contribution in [0.2, 0.25) is 0 Å². The van der Waals surface area contributed by atoms with Crippen LogP contribution in [0, 0.1) is 5.92 Å². The van der Waals surface area contributed by atoms with Crippen molar-refractivity contribution in [1.29, 1.82) is 0 Å². The number of hydrogen-bond donors (Lipinski definition) is 0. The van der Waals surface area contributed by atoms with Crippen molar-refractivity contribution in [2.75, 3.05) is 7.05 Å². The molecule has 2 aliphatic carbocycles. The van der Waals surface area contributed by atoms with Crippen LogP contribution in [0.15, 0.2) is 47.3 Å². The van der Waals surface area contributed by atoms with Crippen LogP contribution >= 0.6 is 0 Å². The molecule has 0 fully saturated rings. The Morgan fingerprint density at radius 2 is 2.29 bits per heavy atom. The largest absolute Gasteiger partial charge is 0.351 e. The van der Waals surface area contributed by atoms with E-state index in [1.165, 1.54) is 25.0 Å². The average molecular weight is 185 g/mol. The van der Waals surface area contributed by atoms with E-state index in [0.717, 1.165) is 0 Å². The number of nitrogens with zero attached hydrogens (tertiary/aromatic N) is 1. The summed E-state index contributed by atoms with van der Waals surface area (Å²) in [5.74, 6) is 0.650. The topological polar surface area (TPSA) is 3.24 Å². The van der Waals surface area contributed by atoms with E-state index in [4.69, 9.17) is 0 Å². The Kier molecular flexibility index (Phi) is 1.66. The first-order chi connectivity index (χ1) is 6.88. The van der Waals surface area contributed by atoms with Crippen LogP contribution in [0.1, 0.15) is 19.3 Å². The predicted molar refractivity (Wildman–Crippen MR) is 58.5 cm³/mol. The molecule has 1 heteroatoms. The van der Waals surface area contributed by atoms with Gasteiger partial charge in [-0.2, -0.15) is 0 Å². The minimum atomic E-state index is 0.650. The first-order valence-electron chi connectivity index (χ1n) is 5.38. The zero-order valence-corrected chi connectivity index (χ0v) is 8.53. The second-order valence-corrected chi connectivity index (χ2v) is 4.21. The second kappa shape index (κ2) is 2.88. The van der Waals surface area contributed by atoms with E-state index in [1.807, 2.05) is 0 Å². The third-order valence-electron chi connectivity index (χ3n) is 3.48. The van der Waals surface area contributed by atoms with Gasteiger partial charge in [0.15, 0.2) is 0 Å². The van der Waals surface area contributed by atoms with Crippen molar-refractivity contribution in [1.82, 2.24) is 4.90 Å². The first kappa shape index (κ1) is 8.10. The molecule has 0 radical (unpaired) electrons. The maximum atomic E-state index is 2.40. The normalized spacial score (nSPS) is 29.1. The highest BCUT2D eigenvalue weighted by atomic mass is 15.1. The van der Waals surface area contributed by atoms with Crippen LogP contribution in [0.3, 0.4) is 0 Å². The molecule has 0 amide bonds. The van der Waals surface area contributed by atoms with Gasteiger partial charge in [0.25, 0.3) is 0 Å². The van der Waals surface area contributed by atoms with Crippen LogP contribution in [-0.2, 0) is 0 Å². The molecule has 0 saturated carbocycles. The van der Waals surface area contributed by atoms with Gasteiger partial charge in [-0.05, 0) is 30.9 Å². The fourth-order valence-electron chi connectivity index (χ4n) is 2.76. The summed E-state index contributed by atoms with van der Waals surface area (Å²) in [7, 11) is 2.21. The van der Waals surface area contributed by atoms with E-state index < -0.39 is 0 Å². The molecule has 3 rings (SSSR count). The Labute approximate surface area is 85.1 Å². The monoisotopic (exact) mass is 185 g/mol. The van der Waals surface area contributed by atoms with Gasteiger partial charge in [0.2, 0.25) is 0 Å². The van der Waals surface area contributed by atoms with Crippen LogP contribution in [-0.4, -0.2) is 11.9 Å². The van der Waals surface area contributed by atoms with E-state index in [0.29, 0.717) is 5.92 Å². The predicted octanol–water partition coefficient (Wildman–Crippen LogP) is 3.00. The molecule has 3 aliphatic rings. The van der Waals surface area contributed by atoms with E-state index in [1.54, 1.807) is 11.3 Å². The fraction of sp³-hybridized carbons (Fsp3) is 0.385. The van der Waals surface area contributed by atoms with Crippen molar-refractivity contribution < 1.29 is 0 Å². The van der Waals surface area contributed by atoms with Crippen molar-refractivity contribution >= 4 is 0 Å². The molecule has 0 bridgehead atoms. The molecule has 1 aliphatic heterocycles. The molecule has 0 spiro atoms. The standard InChI is InChI=1S/C13H15N/c1-14-12-8-4-2-6-10(12)11-7-3-5-9-13(11)14/h2-4,7-8,10H,5-6,9H2,1H3.